The summed E-state index contributed by atoms with van der Waals surface area (Å²) in [5, 5.41) is 3.38. The van der Waals surface area contributed by atoms with E-state index < -0.39 is 0 Å². The Bertz CT molecular complexity index is 147. The van der Waals surface area contributed by atoms with E-state index in [1.54, 1.807) is 0 Å². The molecule has 0 aromatic rings. The van der Waals surface area contributed by atoms with Crippen molar-refractivity contribution < 1.29 is 0 Å². The van der Waals surface area contributed by atoms with Crippen LogP contribution in [0.15, 0.2) is 0 Å². The molecule has 15 heavy (non-hydrogen) atoms. The minimum absolute atomic E-state index is 0.943. The van der Waals surface area contributed by atoms with Crippen LogP contribution < -0.4 is 5.32 Å². The second kappa shape index (κ2) is 8.12. The number of nitrogens with one attached hydrogen (secondary N) is 1. The molecule has 1 heterocycles. The average Bonchev–Trinajstić information content (AvgIpc) is 2.63. The normalized spacial score (nSPS) is 22.4. The summed E-state index contributed by atoms with van der Waals surface area (Å²) >= 11 is 0. The Morgan fingerprint density at radius 2 is 2.00 bits per heavy atom. The highest BCUT2D eigenvalue weighted by Gasteiger charge is 2.17. The Balaban J connectivity index is 1.81. The maximum absolute atomic E-state index is 3.38. The van der Waals surface area contributed by atoms with E-state index in [-0.39, 0.29) is 0 Å². The van der Waals surface area contributed by atoms with Crippen molar-refractivity contribution in [3.8, 4) is 0 Å². The Morgan fingerprint density at radius 1 is 1.20 bits per heavy atom. The molecule has 1 aliphatic rings. The maximum Gasteiger partial charge on any atom is 0.000750 e. The Morgan fingerprint density at radius 3 is 2.67 bits per heavy atom. The van der Waals surface area contributed by atoms with Crippen LogP contribution in [0.1, 0.15) is 46.0 Å². The van der Waals surface area contributed by atoms with Crippen molar-refractivity contribution in [1.82, 2.24) is 10.2 Å². The van der Waals surface area contributed by atoms with E-state index in [0.717, 1.165) is 12.5 Å². The average molecular weight is 212 g/mol. The van der Waals surface area contributed by atoms with Crippen molar-refractivity contribution in [2.75, 3.05) is 32.7 Å². The van der Waals surface area contributed by atoms with Crippen LogP contribution in [0, 0.1) is 5.92 Å². The molecule has 0 saturated carbocycles. The monoisotopic (exact) mass is 212 g/mol. The van der Waals surface area contributed by atoms with Crippen LogP contribution in [0.5, 0.6) is 0 Å². The van der Waals surface area contributed by atoms with Crippen molar-refractivity contribution in [2.45, 2.75) is 46.0 Å². The van der Waals surface area contributed by atoms with E-state index in [1.165, 1.54) is 58.3 Å². The molecule has 1 aliphatic heterocycles. The first-order valence-corrected chi connectivity index (χ1v) is 6.76. The minimum Gasteiger partial charge on any atom is -0.317 e. The molecule has 0 spiro atoms. The van der Waals surface area contributed by atoms with Crippen molar-refractivity contribution >= 4 is 0 Å². The van der Waals surface area contributed by atoms with Crippen LogP contribution in [0.2, 0.25) is 0 Å². The minimum atomic E-state index is 0.943. The number of hydrogen-bond acceptors (Lipinski definition) is 2. The van der Waals surface area contributed by atoms with E-state index in [1.807, 2.05) is 0 Å². The smallest absolute Gasteiger partial charge is 0.000750 e. The van der Waals surface area contributed by atoms with Gasteiger partial charge in [-0.25, -0.2) is 0 Å². The van der Waals surface area contributed by atoms with Crippen LogP contribution >= 0.6 is 0 Å². The van der Waals surface area contributed by atoms with E-state index >= 15 is 0 Å². The molecule has 0 aromatic heterocycles. The fourth-order valence-corrected chi connectivity index (χ4v) is 2.35. The molecule has 0 radical (unpaired) electrons. The summed E-state index contributed by atoms with van der Waals surface area (Å²) in [5.41, 5.74) is 0. The molecule has 1 N–H and O–H groups in total. The first kappa shape index (κ1) is 13.0. The Kier molecular flexibility index (Phi) is 7.03. The summed E-state index contributed by atoms with van der Waals surface area (Å²) in [5.74, 6) is 0.943. The van der Waals surface area contributed by atoms with Gasteiger partial charge < -0.3 is 10.2 Å². The lowest BCUT2D eigenvalue weighted by Crippen LogP contribution is -2.21. The van der Waals surface area contributed by atoms with E-state index in [0.29, 0.717) is 0 Å². The molecule has 0 aromatic carbocycles. The molecule has 2 heteroatoms. The molecule has 0 amide bonds. The van der Waals surface area contributed by atoms with Gasteiger partial charge in [-0.2, -0.15) is 0 Å². The van der Waals surface area contributed by atoms with Crippen LogP contribution in [0.3, 0.4) is 0 Å². The van der Waals surface area contributed by atoms with E-state index in [9.17, 15) is 0 Å². The molecular formula is C13H28N2. The molecule has 0 aliphatic carbocycles. The van der Waals surface area contributed by atoms with Gasteiger partial charge in [-0.1, -0.05) is 26.7 Å². The van der Waals surface area contributed by atoms with E-state index in [2.05, 4.69) is 24.1 Å². The Labute approximate surface area is 95.4 Å². The third-order valence-corrected chi connectivity index (χ3v) is 3.34. The Hall–Kier alpha value is -0.0800. The summed E-state index contributed by atoms with van der Waals surface area (Å²) < 4.78 is 0. The van der Waals surface area contributed by atoms with Gasteiger partial charge in [-0.05, 0) is 51.4 Å². The topological polar surface area (TPSA) is 15.3 Å². The lowest BCUT2D eigenvalue weighted by Gasteiger charge is -2.14. The van der Waals surface area contributed by atoms with Gasteiger partial charge in [0.25, 0.3) is 0 Å². The van der Waals surface area contributed by atoms with Crippen LogP contribution in [-0.2, 0) is 0 Å². The van der Waals surface area contributed by atoms with Crippen molar-refractivity contribution in [3.05, 3.63) is 0 Å². The zero-order valence-corrected chi connectivity index (χ0v) is 10.6. The van der Waals surface area contributed by atoms with Gasteiger partial charge in [-0.15, -0.1) is 0 Å². The lowest BCUT2D eigenvalue weighted by atomic mass is 10.2. The lowest BCUT2D eigenvalue weighted by molar-refractivity contribution is 0.318. The molecular weight excluding hydrogens is 184 g/mol. The zero-order valence-electron chi connectivity index (χ0n) is 10.6. The maximum atomic E-state index is 3.38. The SMILES string of the molecule is CCNCCCCCCN1CCC(C)C1. The summed E-state index contributed by atoms with van der Waals surface area (Å²) in [6.07, 6.45) is 6.98. The number of rotatable bonds is 8. The molecule has 1 saturated heterocycles. The number of likely N-dealkylation sites (tertiary alicyclic amines) is 1. The highest BCUT2D eigenvalue weighted by atomic mass is 15.1. The fraction of sp³-hybridized carbons (Fsp3) is 1.00. The highest BCUT2D eigenvalue weighted by molar-refractivity contribution is 4.71. The quantitative estimate of drug-likeness (QED) is 0.622. The van der Waals surface area contributed by atoms with Crippen molar-refractivity contribution in [3.63, 3.8) is 0 Å². The molecule has 1 atom stereocenters. The van der Waals surface area contributed by atoms with Gasteiger partial charge in [0.2, 0.25) is 0 Å². The first-order chi connectivity index (χ1) is 7.33. The molecule has 1 fully saturated rings. The highest BCUT2D eigenvalue weighted by Crippen LogP contribution is 2.15. The summed E-state index contributed by atoms with van der Waals surface area (Å²) in [7, 11) is 0. The van der Waals surface area contributed by atoms with Gasteiger partial charge in [0.15, 0.2) is 0 Å². The third kappa shape index (κ3) is 6.16. The van der Waals surface area contributed by atoms with E-state index in [4.69, 9.17) is 0 Å². The number of unbranched alkanes of at least 4 members (excludes halogenated alkanes) is 3. The molecule has 90 valence electrons. The summed E-state index contributed by atoms with van der Waals surface area (Å²) in [6, 6.07) is 0. The summed E-state index contributed by atoms with van der Waals surface area (Å²) in [4.78, 5) is 2.63. The van der Waals surface area contributed by atoms with Crippen LogP contribution in [-0.4, -0.2) is 37.6 Å². The van der Waals surface area contributed by atoms with Crippen molar-refractivity contribution in [2.24, 2.45) is 5.92 Å². The summed E-state index contributed by atoms with van der Waals surface area (Å²) in [6.45, 7) is 10.9. The molecule has 0 bridgehead atoms. The standard InChI is InChI=1S/C13H28N2/c1-3-14-9-6-4-5-7-10-15-11-8-13(2)12-15/h13-14H,3-12H2,1-2H3. The third-order valence-electron chi connectivity index (χ3n) is 3.34. The van der Waals surface area contributed by atoms with Gasteiger partial charge in [0.1, 0.15) is 0 Å². The van der Waals surface area contributed by atoms with Gasteiger partial charge in [0.05, 0.1) is 0 Å². The van der Waals surface area contributed by atoms with Crippen molar-refractivity contribution in [1.29, 1.82) is 0 Å². The van der Waals surface area contributed by atoms with Crippen LogP contribution in [0.25, 0.3) is 0 Å². The molecule has 2 nitrogen and oxygen atoms in total. The van der Waals surface area contributed by atoms with Crippen LogP contribution in [0.4, 0.5) is 0 Å². The van der Waals surface area contributed by atoms with Gasteiger partial charge in [0, 0.05) is 6.54 Å². The second-order valence-corrected chi connectivity index (χ2v) is 4.96. The largest absolute Gasteiger partial charge is 0.317 e. The molecule has 1 unspecified atom stereocenters. The zero-order chi connectivity index (χ0) is 10.9. The predicted molar refractivity (Wildman–Crippen MR) is 67.2 cm³/mol. The molecule has 1 rings (SSSR count). The van der Waals surface area contributed by atoms with Gasteiger partial charge in [-0.3, -0.25) is 0 Å². The number of nitrogens with zero attached hydrogens (tertiary/aromatic N) is 1. The second-order valence-electron chi connectivity index (χ2n) is 4.96. The number of hydrogen-bond donors (Lipinski definition) is 1. The van der Waals surface area contributed by atoms with Gasteiger partial charge >= 0.3 is 0 Å². The fourth-order valence-electron chi connectivity index (χ4n) is 2.35. The first-order valence-electron chi connectivity index (χ1n) is 6.76. The predicted octanol–water partition coefficient (Wildman–Crippen LogP) is 2.50.